The van der Waals surface area contributed by atoms with Crippen molar-refractivity contribution in [1.82, 2.24) is 15.1 Å². The molecule has 0 radical (unpaired) electrons. The first-order chi connectivity index (χ1) is 10.7. The molecule has 0 unspecified atom stereocenters. The molecular weight excluding hydrogens is 276 g/mol. The van der Waals surface area contributed by atoms with Gasteiger partial charge in [-0.25, -0.2) is 0 Å². The van der Waals surface area contributed by atoms with Gasteiger partial charge in [-0.2, -0.15) is 5.10 Å². The molecule has 0 bridgehead atoms. The summed E-state index contributed by atoms with van der Waals surface area (Å²) in [5.41, 5.74) is 0. The van der Waals surface area contributed by atoms with Crippen molar-refractivity contribution in [2.75, 3.05) is 25.0 Å². The number of anilines is 1. The van der Waals surface area contributed by atoms with Crippen LogP contribution in [0.15, 0.2) is 30.5 Å². The third-order valence-electron chi connectivity index (χ3n) is 4.83. The van der Waals surface area contributed by atoms with Crippen molar-refractivity contribution in [2.24, 2.45) is 5.92 Å². The van der Waals surface area contributed by atoms with Crippen molar-refractivity contribution in [3.63, 3.8) is 0 Å². The molecule has 1 amide bonds. The molecule has 22 heavy (non-hydrogen) atoms. The lowest BCUT2D eigenvalue weighted by Gasteiger charge is -2.37. The molecule has 1 saturated heterocycles. The van der Waals surface area contributed by atoms with Crippen LogP contribution in [0, 0.1) is 5.92 Å². The SMILES string of the molecule is CN(c1cccnn1)C1CCN(C(=O)C[C@@H]2C=CCC2)CC1. The fourth-order valence-corrected chi connectivity index (χ4v) is 3.39. The Morgan fingerprint density at radius 2 is 2.18 bits per heavy atom. The van der Waals surface area contributed by atoms with Gasteiger partial charge in [-0.05, 0) is 43.7 Å². The van der Waals surface area contributed by atoms with Gasteiger partial charge in [-0.3, -0.25) is 4.79 Å². The first-order valence-electron chi connectivity index (χ1n) is 8.19. The summed E-state index contributed by atoms with van der Waals surface area (Å²) < 4.78 is 0. The monoisotopic (exact) mass is 300 g/mol. The van der Waals surface area contributed by atoms with E-state index in [2.05, 4.69) is 34.3 Å². The van der Waals surface area contributed by atoms with Gasteiger partial charge in [0.15, 0.2) is 5.82 Å². The van der Waals surface area contributed by atoms with E-state index in [1.165, 1.54) is 0 Å². The third-order valence-corrected chi connectivity index (χ3v) is 4.83. The molecule has 3 rings (SSSR count). The molecule has 118 valence electrons. The molecular formula is C17H24N4O. The van der Waals surface area contributed by atoms with Gasteiger partial charge in [0.2, 0.25) is 5.91 Å². The smallest absolute Gasteiger partial charge is 0.223 e. The quantitative estimate of drug-likeness (QED) is 0.800. The number of amides is 1. The van der Waals surface area contributed by atoms with Gasteiger partial charge < -0.3 is 9.80 Å². The first-order valence-corrected chi connectivity index (χ1v) is 8.19. The van der Waals surface area contributed by atoms with Crippen molar-refractivity contribution >= 4 is 11.7 Å². The summed E-state index contributed by atoms with van der Waals surface area (Å²) >= 11 is 0. The summed E-state index contributed by atoms with van der Waals surface area (Å²) in [5.74, 6) is 1.69. The highest BCUT2D eigenvalue weighted by atomic mass is 16.2. The summed E-state index contributed by atoms with van der Waals surface area (Å²) in [6.07, 6.45) is 11.0. The zero-order valence-corrected chi connectivity index (χ0v) is 13.2. The summed E-state index contributed by atoms with van der Waals surface area (Å²) in [6.45, 7) is 1.70. The van der Waals surface area contributed by atoms with E-state index >= 15 is 0 Å². The van der Waals surface area contributed by atoms with E-state index in [-0.39, 0.29) is 0 Å². The molecule has 0 N–H and O–H groups in total. The summed E-state index contributed by atoms with van der Waals surface area (Å²) in [4.78, 5) is 16.6. The number of hydrogen-bond acceptors (Lipinski definition) is 4. The van der Waals surface area contributed by atoms with E-state index in [9.17, 15) is 4.79 Å². The van der Waals surface area contributed by atoms with E-state index in [0.29, 0.717) is 24.3 Å². The molecule has 1 aromatic rings. The Morgan fingerprint density at radius 1 is 1.36 bits per heavy atom. The minimum Gasteiger partial charge on any atom is -0.355 e. The Kier molecular flexibility index (Phi) is 4.71. The molecule has 5 heteroatoms. The number of carbonyl (C=O) groups excluding carboxylic acids is 1. The van der Waals surface area contributed by atoms with Gasteiger partial charge in [0.1, 0.15) is 0 Å². The molecule has 5 nitrogen and oxygen atoms in total. The van der Waals surface area contributed by atoms with Crippen LogP contribution in [-0.4, -0.2) is 47.2 Å². The number of aromatic nitrogens is 2. The maximum absolute atomic E-state index is 12.4. The maximum Gasteiger partial charge on any atom is 0.223 e. The fourth-order valence-electron chi connectivity index (χ4n) is 3.39. The number of piperidine rings is 1. The second-order valence-corrected chi connectivity index (χ2v) is 6.27. The number of nitrogens with zero attached hydrogens (tertiary/aromatic N) is 4. The van der Waals surface area contributed by atoms with Gasteiger partial charge >= 0.3 is 0 Å². The van der Waals surface area contributed by atoms with Gasteiger partial charge in [0.05, 0.1) is 0 Å². The zero-order valence-electron chi connectivity index (χ0n) is 13.2. The van der Waals surface area contributed by atoms with Crippen LogP contribution >= 0.6 is 0 Å². The molecule has 0 aromatic carbocycles. The summed E-state index contributed by atoms with van der Waals surface area (Å²) in [5, 5.41) is 8.10. The van der Waals surface area contributed by atoms with E-state index in [1.54, 1.807) is 6.20 Å². The minimum atomic E-state index is 0.317. The van der Waals surface area contributed by atoms with Crippen LogP contribution in [0.4, 0.5) is 5.82 Å². The maximum atomic E-state index is 12.4. The zero-order chi connectivity index (χ0) is 15.4. The summed E-state index contributed by atoms with van der Waals surface area (Å²) in [7, 11) is 2.06. The van der Waals surface area contributed by atoms with Crippen molar-refractivity contribution in [3.05, 3.63) is 30.5 Å². The van der Waals surface area contributed by atoms with Crippen LogP contribution in [0.1, 0.15) is 32.1 Å². The molecule has 2 aliphatic rings. The minimum absolute atomic E-state index is 0.317. The number of rotatable bonds is 4. The normalized spacial score (nSPS) is 22.0. The van der Waals surface area contributed by atoms with E-state index in [1.807, 2.05) is 17.0 Å². The van der Waals surface area contributed by atoms with E-state index < -0.39 is 0 Å². The van der Waals surface area contributed by atoms with Gasteiger partial charge in [0, 0.05) is 38.8 Å². The topological polar surface area (TPSA) is 49.3 Å². The molecule has 1 aromatic heterocycles. The first kappa shape index (κ1) is 15.0. The average Bonchev–Trinajstić information content (AvgIpc) is 3.08. The number of likely N-dealkylation sites (tertiary alicyclic amines) is 1. The van der Waals surface area contributed by atoms with Gasteiger partial charge in [-0.15, -0.1) is 5.10 Å². The Hall–Kier alpha value is -1.91. The van der Waals surface area contributed by atoms with Gasteiger partial charge in [-0.1, -0.05) is 12.2 Å². The Morgan fingerprint density at radius 3 is 2.82 bits per heavy atom. The number of carbonyl (C=O) groups is 1. The highest BCUT2D eigenvalue weighted by Gasteiger charge is 2.27. The van der Waals surface area contributed by atoms with Gasteiger partial charge in [0.25, 0.3) is 0 Å². The lowest BCUT2D eigenvalue weighted by Crippen LogP contribution is -2.46. The van der Waals surface area contributed by atoms with Crippen LogP contribution in [0.5, 0.6) is 0 Å². The summed E-state index contributed by atoms with van der Waals surface area (Å²) in [6, 6.07) is 4.33. The van der Waals surface area contributed by atoms with Crippen molar-refractivity contribution in [3.8, 4) is 0 Å². The standard InChI is InChI=1S/C17H24N4O/c1-20(16-7-4-10-18-19-16)15-8-11-21(12-9-15)17(22)13-14-5-2-3-6-14/h2,4-5,7,10,14-15H,3,6,8-9,11-13H2,1H3/t14-/m1/s1. The van der Waals surface area contributed by atoms with Crippen molar-refractivity contribution in [1.29, 1.82) is 0 Å². The molecule has 0 spiro atoms. The molecule has 0 saturated carbocycles. The van der Waals surface area contributed by atoms with Crippen LogP contribution < -0.4 is 4.90 Å². The second-order valence-electron chi connectivity index (χ2n) is 6.27. The van der Waals surface area contributed by atoms with Crippen LogP contribution in [0.3, 0.4) is 0 Å². The molecule has 1 aliphatic carbocycles. The highest BCUT2D eigenvalue weighted by Crippen LogP contribution is 2.24. The fraction of sp³-hybridized carbons (Fsp3) is 0.588. The van der Waals surface area contributed by atoms with E-state index in [0.717, 1.165) is 44.6 Å². The predicted octanol–water partition coefficient (Wildman–Crippen LogP) is 2.26. The predicted molar refractivity (Wildman–Crippen MR) is 86.5 cm³/mol. The Labute approximate surface area is 132 Å². The highest BCUT2D eigenvalue weighted by molar-refractivity contribution is 5.76. The number of hydrogen-bond donors (Lipinski definition) is 0. The lowest BCUT2D eigenvalue weighted by atomic mass is 10.0. The number of allylic oxidation sites excluding steroid dienone is 2. The largest absolute Gasteiger partial charge is 0.355 e. The molecule has 1 fully saturated rings. The average molecular weight is 300 g/mol. The van der Waals surface area contributed by atoms with Crippen molar-refractivity contribution in [2.45, 2.75) is 38.1 Å². The molecule has 2 heterocycles. The molecule has 1 aliphatic heterocycles. The lowest BCUT2D eigenvalue weighted by molar-refractivity contribution is -0.132. The van der Waals surface area contributed by atoms with Crippen LogP contribution in [-0.2, 0) is 4.79 Å². The Balaban J connectivity index is 1.49. The van der Waals surface area contributed by atoms with Crippen molar-refractivity contribution < 1.29 is 4.79 Å². The second kappa shape index (κ2) is 6.90. The Bertz CT molecular complexity index is 523. The molecule has 1 atom stereocenters. The van der Waals surface area contributed by atoms with Crippen LogP contribution in [0.2, 0.25) is 0 Å². The third kappa shape index (κ3) is 3.46. The van der Waals surface area contributed by atoms with E-state index in [4.69, 9.17) is 0 Å². The van der Waals surface area contributed by atoms with Crippen LogP contribution in [0.25, 0.3) is 0 Å².